The van der Waals surface area contributed by atoms with E-state index < -0.39 is 23.3 Å². The van der Waals surface area contributed by atoms with Gasteiger partial charge in [-0.25, -0.2) is 23.2 Å². The van der Waals surface area contributed by atoms with E-state index in [4.69, 9.17) is 9.47 Å². The highest BCUT2D eigenvalue weighted by Gasteiger charge is 2.44. The first-order valence-electron chi connectivity index (χ1n) is 14.5. The van der Waals surface area contributed by atoms with Gasteiger partial charge in [-0.3, -0.25) is 5.32 Å². The summed E-state index contributed by atoms with van der Waals surface area (Å²) in [7, 11) is 1.34. The van der Waals surface area contributed by atoms with Crippen molar-refractivity contribution in [2.45, 2.75) is 18.6 Å². The Balaban J connectivity index is 1.02. The standard InChI is InChI=1S/C32H34F2N6O4/c1-42-31(41)37-25-3-5-26(6-4-25)38-12-14-39(15-13-38)27-7-9-28(10-8-27)43-18-23-17-32(44-19-23,20-40-22-35-21-36-40)29-11-2-24(33)16-30(29)34/h2-11,16,21-23H,12-15,17-20H2,1H3,(H,37,41)/t23-,32+/m1/s1. The molecule has 44 heavy (non-hydrogen) atoms. The molecular formula is C32H34F2N6O4. The fraction of sp³-hybridized carbons (Fsp3) is 0.344. The first-order valence-corrected chi connectivity index (χ1v) is 14.5. The van der Waals surface area contributed by atoms with E-state index in [9.17, 15) is 13.6 Å². The summed E-state index contributed by atoms with van der Waals surface area (Å²) in [6, 6.07) is 19.4. The van der Waals surface area contributed by atoms with Crippen LogP contribution in [0.5, 0.6) is 5.75 Å². The van der Waals surface area contributed by atoms with Gasteiger partial charge in [-0.15, -0.1) is 0 Å². The number of halogens is 2. The second kappa shape index (κ2) is 12.9. The van der Waals surface area contributed by atoms with E-state index in [2.05, 4.69) is 42.1 Å². The lowest BCUT2D eigenvalue weighted by atomic mass is 9.87. The Morgan fingerprint density at radius 2 is 1.68 bits per heavy atom. The molecule has 0 spiro atoms. The number of hydrogen-bond donors (Lipinski definition) is 1. The van der Waals surface area contributed by atoms with E-state index in [1.54, 1.807) is 11.0 Å². The molecule has 4 aromatic rings. The van der Waals surface area contributed by atoms with Gasteiger partial charge in [0.25, 0.3) is 0 Å². The minimum Gasteiger partial charge on any atom is -0.493 e. The Kier molecular flexibility index (Phi) is 8.60. The summed E-state index contributed by atoms with van der Waals surface area (Å²) in [6.45, 7) is 4.51. The number of carbonyl (C=O) groups is 1. The summed E-state index contributed by atoms with van der Waals surface area (Å²) < 4.78 is 47.2. The monoisotopic (exact) mass is 604 g/mol. The van der Waals surface area contributed by atoms with Gasteiger partial charge in [-0.05, 0) is 61.0 Å². The maximum Gasteiger partial charge on any atom is 0.411 e. The molecule has 10 nitrogen and oxygen atoms in total. The lowest BCUT2D eigenvalue weighted by molar-refractivity contribution is -0.0206. The van der Waals surface area contributed by atoms with Crippen molar-refractivity contribution in [3.63, 3.8) is 0 Å². The van der Waals surface area contributed by atoms with Crippen LogP contribution in [0.1, 0.15) is 12.0 Å². The molecule has 1 aromatic heterocycles. The maximum absolute atomic E-state index is 14.9. The molecule has 230 valence electrons. The first-order chi connectivity index (χ1) is 21.4. The largest absolute Gasteiger partial charge is 0.493 e. The van der Waals surface area contributed by atoms with Crippen molar-refractivity contribution in [1.82, 2.24) is 14.8 Å². The van der Waals surface area contributed by atoms with E-state index >= 15 is 0 Å². The van der Waals surface area contributed by atoms with Crippen molar-refractivity contribution < 1.29 is 27.8 Å². The summed E-state index contributed by atoms with van der Waals surface area (Å²) >= 11 is 0. The highest BCUT2D eigenvalue weighted by atomic mass is 19.1. The van der Waals surface area contributed by atoms with Crippen LogP contribution in [0.15, 0.2) is 79.4 Å². The van der Waals surface area contributed by atoms with Gasteiger partial charge < -0.3 is 24.0 Å². The van der Waals surface area contributed by atoms with Gasteiger partial charge in [0.1, 0.15) is 35.6 Å². The van der Waals surface area contributed by atoms with Gasteiger partial charge >= 0.3 is 6.09 Å². The Hall–Kier alpha value is -4.71. The molecule has 2 saturated heterocycles. The molecule has 1 amide bonds. The van der Waals surface area contributed by atoms with Crippen molar-refractivity contribution in [1.29, 1.82) is 0 Å². The number of rotatable bonds is 9. The van der Waals surface area contributed by atoms with Crippen molar-refractivity contribution in [3.05, 3.63) is 96.6 Å². The zero-order chi connectivity index (χ0) is 30.5. The molecule has 2 aliphatic rings. The van der Waals surface area contributed by atoms with Crippen LogP contribution in [0.25, 0.3) is 0 Å². The van der Waals surface area contributed by atoms with Gasteiger partial charge in [0.2, 0.25) is 0 Å². The smallest absolute Gasteiger partial charge is 0.411 e. The fourth-order valence-electron chi connectivity index (χ4n) is 5.90. The molecule has 2 aliphatic heterocycles. The number of carbonyl (C=O) groups excluding carboxylic acids is 1. The van der Waals surface area contributed by atoms with Crippen LogP contribution in [-0.4, -0.2) is 67.4 Å². The number of ether oxygens (including phenoxy) is 3. The molecule has 2 fully saturated rings. The molecule has 2 atom stereocenters. The topological polar surface area (TPSA) is 94.0 Å². The van der Waals surface area contributed by atoms with E-state index in [0.717, 1.165) is 49.4 Å². The number of amides is 1. The molecular weight excluding hydrogens is 570 g/mol. The van der Waals surface area contributed by atoms with Crippen molar-refractivity contribution >= 4 is 23.2 Å². The van der Waals surface area contributed by atoms with E-state index in [0.29, 0.717) is 30.9 Å². The van der Waals surface area contributed by atoms with Crippen LogP contribution in [0.3, 0.4) is 0 Å². The van der Waals surface area contributed by atoms with Gasteiger partial charge in [0.05, 0.1) is 26.9 Å². The Labute approximate surface area is 254 Å². The average Bonchev–Trinajstić information content (AvgIpc) is 3.71. The quantitative estimate of drug-likeness (QED) is 0.283. The molecule has 3 heterocycles. The van der Waals surface area contributed by atoms with Gasteiger partial charge in [0.15, 0.2) is 0 Å². The minimum absolute atomic E-state index is 0.000965. The summed E-state index contributed by atoms with van der Waals surface area (Å²) in [6.07, 6.45) is 2.97. The van der Waals surface area contributed by atoms with Crippen molar-refractivity contribution in [2.24, 2.45) is 5.92 Å². The molecule has 3 aromatic carbocycles. The predicted octanol–water partition coefficient (Wildman–Crippen LogP) is 5.07. The average molecular weight is 605 g/mol. The lowest BCUT2D eigenvalue weighted by Gasteiger charge is -2.37. The number of nitrogens with zero attached hydrogens (tertiary/aromatic N) is 5. The number of nitrogens with one attached hydrogen (secondary N) is 1. The third-order valence-corrected chi connectivity index (χ3v) is 8.15. The number of anilines is 3. The first kappa shape index (κ1) is 29.4. The van der Waals surface area contributed by atoms with Gasteiger partial charge in [0, 0.05) is 60.8 Å². The Morgan fingerprint density at radius 3 is 2.30 bits per heavy atom. The van der Waals surface area contributed by atoms with Crippen molar-refractivity contribution in [2.75, 3.05) is 61.6 Å². The minimum atomic E-state index is -1.01. The van der Waals surface area contributed by atoms with Crippen molar-refractivity contribution in [3.8, 4) is 5.75 Å². The number of benzene rings is 3. The molecule has 0 bridgehead atoms. The molecule has 12 heteroatoms. The van der Waals surface area contributed by atoms with E-state index in [1.807, 2.05) is 36.4 Å². The van der Waals surface area contributed by atoms with E-state index in [-0.39, 0.29) is 12.5 Å². The summed E-state index contributed by atoms with van der Waals surface area (Å²) in [5.74, 6) is -0.531. The zero-order valence-corrected chi connectivity index (χ0v) is 24.4. The van der Waals surface area contributed by atoms with Gasteiger partial charge in [-0.2, -0.15) is 5.10 Å². The number of aromatic nitrogens is 3. The third-order valence-electron chi connectivity index (χ3n) is 8.15. The molecule has 0 radical (unpaired) electrons. The van der Waals surface area contributed by atoms with Crippen LogP contribution in [0.2, 0.25) is 0 Å². The van der Waals surface area contributed by atoms with E-state index in [1.165, 1.54) is 25.6 Å². The second-order valence-electron chi connectivity index (χ2n) is 11.0. The second-order valence-corrected chi connectivity index (χ2v) is 11.0. The molecule has 6 rings (SSSR count). The summed E-state index contributed by atoms with van der Waals surface area (Å²) in [5.41, 5.74) is 2.21. The highest BCUT2D eigenvalue weighted by molar-refractivity contribution is 5.84. The third kappa shape index (κ3) is 6.60. The Bertz CT molecular complexity index is 1550. The summed E-state index contributed by atoms with van der Waals surface area (Å²) in [4.78, 5) is 20.1. The number of piperazine rings is 1. The molecule has 0 aliphatic carbocycles. The van der Waals surface area contributed by atoms with Crippen LogP contribution in [0.4, 0.5) is 30.6 Å². The molecule has 1 N–H and O–H groups in total. The number of hydrogen-bond acceptors (Lipinski definition) is 8. The van der Waals surface area contributed by atoms with Gasteiger partial charge in [-0.1, -0.05) is 6.07 Å². The Morgan fingerprint density at radius 1 is 1.00 bits per heavy atom. The lowest BCUT2D eigenvalue weighted by Crippen LogP contribution is -2.46. The summed E-state index contributed by atoms with van der Waals surface area (Å²) in [5, 5.41) is 6.84. The molecule has 0 unspecified atom stereocenters. The number of methoxy groups -OCH3 is 1. The van der Waals surface area contributed by atoms with Crippen LogP contribution in [0, 0.1) is 17.6 Å². The van der Waals surface area contributed by atoms with Crippen LogP contribution < -0.4 is 19.9 Å². The normalized spacial score (nSPS) is 20.0. The SMILES string of the molecule is COC(=O)Nc1ccc(N2CCN(c3ccc(OC[C@@H]4CO[C@@](Cn5cncn5)(c5ccc(F)cc5F)C4)cc3)CC2)cc1. The van der Waals surface area contributed by atoms with Crippen LogP contribution in [-0.2, 0) is 21.6 Å². The van der Waals surface area contributed by atoms with Crippen LogP contribution >= 0.6 is 0 Å². The maximum atomic E-state index is 14.9. The zero-order valence-electron chi connectivity index (χ0n) is 24.4. The predicted molar refractivity (Wildman–Crippen MR) is 161 cm³/mol. The molecule has 0 saturated carbocycles. The fourth-order valence-corrected chi connectivity index (χ4v) is 5.90. The highest BCUT2D eigenvalue weighted by Crippen LogP contribution is 2.42.